The Morgan fingerprint density at radius 3 is 1.14 bits per heavy atom. The normalized spacial score (nSPS) is 8.71. The van der Waals surface area contributed by atoms with Crippen LogP contribution in [0.4, 0.5) is 0 Å². The molecule has 14 heavy (non-hydrogen) atoms. The van der Waals surface area contributed by atoms with E-state index in [1.54, 1.807) is 0 Å². The van der Waals surface area contributed by atoms with Crippen LogP contribution in [0.15, 0.2) is 60.7 Å². The summed E-state index contributed by atoms with van der Waals surface area (Å²) in [5.41, 5.74) is 2.55. The van der Waals surface area contributed by atoms with Gasteiger partial charge in [0.1, 0.15) is 0 Å². The summed E-state index contributed by atoms with van der Waals surface area (Å²) in [5.74, 6) is 0. The van der Waals surface area contributed by atoms with Gasteiger partial charge in [0.15, 0.2) is 0 Å². The van der Waals surface area contributed by atoms with Crippen LogP contribution >= 0.6 is 9.95 Å². The van der Waals surface area contributed by atoms with E-state index in [4.69, 9.17) is 9.95 Å². The fourth-order valence-corrected chi connectivity index (χ4v) is 1.26. The summed E-state index contributed by atoms with van der Waals surface area (Å²) in [6, 6.07) is 20.8. The minimum atomic E-state index is 1.16. The number of hydrogen-bond donors (Lipinski definition) is 0. The summed E-state index contributed by atoms with van der Waals surface area (Å²) < 4.78 is 0. The molecule has 0 heterocycles. The number of rotatable bonds is 1. The van der Waals surface area contributed by atoms with Crippen molar-refractivity contribution in [2.45, 2.75) is 0 Å². The summed E-state index contributed by atoms with van der Waals surface area (Å²) in [4.78, 5) is 0. The van der Waals surface area contributed by atoms with Crippen LogP contribution in [0.2, 0.25) is 0 Å². The first-order chi connectivity index (χ1) is 6.97. The van der Waals surface area contributed by atoms with Gasteiger partial charge in [0.2, 0.25) is 0 Å². The third-order valence-corrected chi connectivity index (χ3v) is 1.88. The first-order valence-electron chi connectivity index (χ1n) is 4.29. The smallest absolute Gasteiger partial charge is 0.0184 e. The monoisotopic (exact) mass is 266 g/mol. The maximum atomic E-state index is 4.70. The van der Waals surface area contributed by atoms with E-state index < -0.39 is 0 Å². The zero-order valence-corrected chi connectivity index (χ0v) is 10.9. The number of benzene rings is 2. The average Bonchev–Trinajstić information content (AvgIpc) is 2.34. The summed E-state index contributed by atoms with van der Waals surface area (Å²) >= 11 is 1.16. The second kappa shape index (κ2) is 6.70. The zero-order chi connectivity index (χ0) is 10.2. The third kappa shape index (κ3) is 3.21. The first kappa shape index (κ1) is 11.4. The zero-order valence-electron chi connectivity index (χ0n) is 7.73. The molecule has 2 aromatic carbocycles. The predicted octanol–water partition coefficient (Wildman–Crippen LogP) is 3.13. The molecule has 0 aliphatic heterocycles. The molecule has 1 atom stereocenters. The van der Waals surface area contributed by atoms with Crippen molar-refractivity contribution in [3.63, 3.8) is 0 Å². The Morgan fingerprint density at radius 2 is 0.857 bits per heavy atom. The predicted molar refractivity (Wildman–Crippen MR) is 66.3 cm³/mol. The van der Waals surface area contributed by atoms with Gasteiger partial charge in [-0.3, -0.25) is 0 Å². The Morgan fingerprint density at radius 1 is 0.571 bits per heavy atom. The summed E-state index contributed by atoms with van der Waals surface area (Å²) in [6.07, 6.45) is 0. The Bertz CT molecular complexity index is 308. The van der Waals surface area contributed by atoms with E-state index in [0.29, 0.717) is 0 Å². The minimum absolute atomic E-state index is 1.16. The molecule has 0 saturated heterocycles. The van der Waals surface area contributed by atoms with Crippen molar-refractivity contribution in [1.29, 1.82) is 0 Å². The Hall–Kier alpha value is -0.712. The molecule has 0 aliphatic carbocycles. The van der Waals surface area contributed by atoms with Crippen molar-refractivity contribution < 1.29 is 0 Å². The molecular weight excluding hydrogens is 255 g/mol. The van der Waals surface area contributed by atoms with E-state index in [0.717, 1.165) is 15.9 Å². The first-order valence-corrected chi connectivity index (χ1v) is 7.47. The molecular formula is C12H12AsCl. The van der Waals surface area contributed by atoms with Gasteiger partial charge in [-0.15, -0.1) is 0 Å². The standard InChI is InChI=1S/C12H10.AsClH2/c1-3-7-11(8-4-1)12-9-5-2-6-10-12;1-2/h1-10H;1H2. The van der Waals surface area contributed by atoms with Crippen LogP contribution < -0.4 is 0 Å². The van der Waals surface area contributed by atoms with Gasteiger partial charge >= 0.3 is 25.9 Å². The molecule has 0 aliphatic rings. The van der Waals surface area contributed by atoms with Crippen molar-refractivity contribution in [1.82, 2.24) is 0 Å². The van der Waals surface area contributed by atoms with Gasteiger partial charge < -0.3 is 0 Å². The Balaban J connectivity index is 0.000000461. The van der Waals surface area contributed by atoms with Crippen molar-refractivity contribution in [3.8, 4) is 11.1 Å². The van der Waals surface area contributed by atoms with Crippen LogP contribution in [0.1, 0.15) is 0 Å². The van der Waals surface area contributed by atoms with Crippen LogP contribution in [-0.4, -0.2) is 15.9 Å². The van der Waals surface area contributed by atoms with E-state index in [9.17, 15) is 0 Å². The molecule has 0 saturated carbocycles. The van der Waals surface area contributed by atoms with E-state index in [1.165, 1.54) is 11.1 Å². The van der Waals surface area contributed by atoms with Crippen LogP contribution in [-0.2, 0) is 0 Å². The maximum Gasteiger partial charge on any atom is -0.0184 e. The molecule has 0 aromatic heterocycles. The third-order valence-electron chi connectivity index (χ3n) is 1.88. The molecule has 0 spiro atoms. The summed E-state index contributed by atoms with van der Waals surface area (Å²) in [7, 11) is 4.70. The van der Waals surface area contributed by atoms with Gasteiger partial charge in [-0.1, -0.05) is 60.7 Å². The second-order valence-corrected chi connectivity index (χ2v) is 2.73. The number of halogens is 1. The van der Waals surface area contributed by atoms with Gasteiger partial charge in [0.05, 0.1) is 0 Å². The van der Waals surface area contributed by atoms with Crippen molar-refractivity contribution in [3.05, 3.63) is 60.7 Å². The Kier molecular flexibility index (Phi) is 5.44. The molecule has 0 nitrogen and oxygen atoms in total. The second-order valence-electron chi connectivity index (χ2n) is 2.73. The largest absolute Gasteiger partial charge is 0.0622 e. The molecule has 72 valence electrons. The summed E-state index contributed by atoms with van der Waals surface area (Å²) in [6.45, 7) is 0. The van der Waals surface area contributed by atoms with Crippen molar-refractivity contribution in [2.75, 3.05) is 0 Å². The fourth-order valence-electron chi connectivity index (χ4n) is 1.26. The summed E-state index contributed by atoms with van der Waals surface area (Å²) in [5, 5.41) is 0. The molecule has 2 aromatic rings. The quantitative estimate of drug-likeness (QED) is 0.696. The van der Waals surface area contributed by atoms with E-state index in [2.05, 4.69) is 48.5 Å². The van der Waals surface area contributed by atoms with Crippen LogP contribution in [0.5, 0.6) is 0 Å². The SMILES string of the molecule is Cl[AsH2].c1ccc(-c2ccccc2)cc1. The molecule has 0 amide bonds. The average molecular weight is 267 g/mol. The van der Waals surface area contributed by atoms with Gasteiger partial charge in [0.25, 0.3) is 0 Å². The minimum Gasteiger partial charge on any atom is -0.0622 e. The van der Waals surface area contributed by atoms with E-state index in [1.807, 2.05) is 12.1 Å². The molecule has 1 unspecified atom stereocenters. The van der Waals surface area contributed by atoms with E-state index in [-0.39, 0.29) is 0 Å². The number of hydrogen-bond acceptors (Lipinski definition) is 0. The van der Waals surface area contributed by atoms with E-state index >= 15 is 0 Å². The molecule has 0 radical (unpaired) electrons. The van der Waals surface area contributed by atoms with Crippen LogP contribution in [0, 0.1) is 0 Å². The molecule has 0 bridgehead atoms. The molecule has 0 fully saturated rings. The van der Waals surface area contributed by atoms with Crippen molar-refractivity contribution >= 4 is 25.9 Å². The van der Waals surface area contributed by atoms with Gasteiger partial charge in [0, 0.05) is 0 Å². The molecule has 2 rings (SSSR count). The maximum absolute atomic E-state index is 4.70. The van der Waals surface area contributed by atoms with Gasteiger partial charge in [-0.2, -0.15) is 0 Å². The fraction of sp³-hybridized carbons (Fsp3) is 0. The van der Waals surface area contributed by atoms with Gasteiger partial charge in [-0.25, -0.2) is 0 Å². The van der Waals surface area contributed by atoms with Crippen LogP contribution in [0.3, 0.4) is 0 Å². The van der Waals surface area contributed by atoms with Gasteiger partial charge in [-0.05, 0) is 11.1 Å². The molecule has 2 heteroatoms. The van der Waals surface area contributed by atoms with Crippen LogP contribution in [0.25, 0.3) is 11.1 Å². The molecule has 0 N–H and O–H groups in total. The topological polar surface area (TPSA) is 0 Å². The van der Waals surface area contributed by atoms with Crippen molar-refractivity contribution in [2.24, 2.45) is 0 Å². The Labute approximate surface area is 97.6 Å².